The number of likely N-dealkylation sites (N-methyl/N-ethyl adjacent to an activating group) is 1. The molecule has 0 bridgehead atoms. The summed E-state index contributed by atoms with van der Waals surface area (Å²) in [5.41, 5.74) is 0.187. The van der Waals surface area contributed by atoms with Crippen LogP contribution in [-0.2, 0) is 11.0 Å². The summed E-state index contributed by atoms with van der Waals surface area (Å²) in [7, 11) is 1.60. The minimum atomic E-state index is -4.48. The molecule has 2 aromatic rings. The molecule has 9 heteroatoms. The number of nitrogens with one attached hydrogen (secondary N) is 1. The summed E-state index contributed by atoms with van der Waals surface area (Å²) in [6.45, 7) is 0. The number of hydrogen-bond acceptors (Lipinski definition) is 4. The minimum absolute atomic E-state index is 0.0514. The third-order valence-corrected chi connectivity index (χ3v) is 5.39. The van der Waals surface area contributed by atoms with E-state index in [9.17, 15) is 22.8 Å². The Morgan fingerprint density at radius 1 is 1.18 bits per heavy atom. The number of carbonyl (C=O) groups excluding carboxylic acids is 2. The van der Waals surface area contributed by atoms with Gasteiger partial charge in [-0.3, -0.25) is 14.5 Å². The van der Waals surface area contributed by atoms with Crippen molar-refractivity contribution in [2.45, 2.75) is 6.18 Å². The fourth-order valence-electron chi connectivity index (χ4n) is 2.40. The molecule has 1 aliphatic heterocycles. The molecule has 28 heavy (non-hydrogen) atoms. The summed E-state index contributed by atoms with van der Waals surface area (Å²) in [5.74, 6) is -0.730. The predicted molar refractivity (Wildman–Crippen MR) is 107 cm³/mol. The second kappa shape index (κ2) is 7.76. The Morgan fingerprint density at radius 2 is 1.86 bits per heavy atom. The van der Waals surface area contributed by atoms with Crippen LogP contribution in [0, 0.1) is 0 Å². The summed E-state index contributed by atoms with van der Waals surface area (Å²) in [6.07, 6.45) is -2.82. The Kier molecular flexibility index (Phi) is 5.57. The maximum atomic E-state index is 12.8. The highest BCUT2D eigenvalue weighted by molar-refractivity contribution is 8.26. The number of rotatable bonds is 3. The fraction of sp³-hybridized carbons (Fsp3) is 0.105. The van der Waals surface area contributed by atoms with Crippen molar-refractivity contribution in [2.75, 3.05) is 12.4 Å². The van der Waals surface area contributed by atoms with Gasteiger partial charge >= 0.3 is 6.18 Å². The predicted octanol–water partition coefficient (Wildman–Crippen LogP) is 4.79. The summed E-state index contributed by atoms with van der Waals surface area (Å²) in [4.78, 5) is 26.1. The van der Waals surface area contributed by atoms with Crippen LogP contribution in [0.1, 0.15) is 21.5 Å². The van der Waals surface area contributed by atoms with Crippen LogP contribution in [0.5, 0.6) is 0 Å². The molecular weight excluding hydrogens is 409 g/mol. The number of amides is 2. The van der Waals surface area contributed by atoms with Crippen LogP contribution in [0.25, 0.3) is 6.08 Å². The minimum Gasteiger partial charge on any atom is -0.322 e. The molecule has 0 spiro atoms. The van der Waals surface area contributed by atoms with Crippen molar-refractivity contribution in [1.82, 2.24) is 4.90 Å². The lowest BCUT2D eigenvalue weighted by Crippen LogP contribution is -2.22. The monoisotopic (exact) mass is 422 g/mol. The Labute approximate surface area is 168 Å². The van der Waals surface area contributed by atoms with Gasteiger partial charge in [-0.15, -0.1) is 0 Å². The highest BCUT2D eigenvalue weighted by Crippen LogP contribution is 2.32. The number of thiocarbonyl (C=S) groups is 1. The van der Waals surface area contributed by atoms with Gasteiger partial charge in [-0.05, 0) is 42.0 Å². The molecule has 144 valence electrons. The quantitative estimate of drug-likeness (QED) is 0.571. The molecule has 0 saturated carbocycles. The zero-order valence-corrected chi connectivity index (χ0v) is 16.0. The number of alkyl halides is 3. The maximum absolute atomic E-state index is 12.8. The van der Waals surface area contributed by atoms with Crippen LogP contribution in [0.4, 0.5) is 18.9 Å². The molecule has 0 atom stereocenters. The summed E-state index contributed by atoms with van der Waals surface area (Å²) < 4.78 is 38.7. The SMILES string of the molecule is CN1C(=O)C(=Cc2ccc(C(=O)Nc3cccc(C(F)(F)F)c3)cc2)SC1=S. The third-order valence-electron chi connectivity index (χ3n) is 3.90. The first-order valence-corrected chi connectivity index (χ1v) is 9.18. The number of carbonyl (C=O) groups is 2. The van der Waals surface area contributed by atoms with Crippen molar-refractivity contribution in [3.8, 4) is 0 Å². The number of nitrogens with zero attached hydrogens (tertiary/aromatic N) is 1. The summed E-state index contributed by atoms with van der Waals surface area (Å²) in [6, 6.07) is 10.8. The van der Waals surface area contributed by atoms with E-state index in [0.29, 0.717) is 14.8 Å². The molecule has 0 unspecified atom stereocenters. The van der Waals surface area contributed by atoms with Gasteiger partial charge in [-0.1, -0.05) is 42.2 Å². The van der Waals surface area contributed by atoms with Gasteiger partial charge < -0.3 is 5.32 Å². The number of benzene rings is 2. The topological polar surface area (TPSA) is 49.4 Å². The highest BCUT2D eigenvalue weighted by Gasteiger charge is 2.30. The van der Waals surface area contributed by atoms with Crippen molar-refractivity contribution in [3.05, 3.63) is 70.1 Å². The molecule has 0 radical (unpaired) electrons. The molecule has 0 aromatic heterocycles. The van der Waals surface area contributed by atoms with Gasteiger partial charge in [0.05, 0.1) is 10.5 Å². The van der Waals surface area contributed by atoms with E-state index in [1.807, 2.05) is 0 Å². The lowest BCUT2D eigenvalue weighted by Gasteiger charge is -2.10. The third kappa shape index (κ3) is 4.42. The standard InChI is InChI=1S/C19H13F3N2O2S2/c1-24-17(26)15(28-18(24)27)9-11-5-7-12(8-6-11)16(25)23-14-4-2-3-13(10-14)19(20,21)22/h2-10H,1H3,(H,23,25). The first-order valence-electron chi connectivity index (χ1n) is 7.95. The van der Waals surface area contributed by atoms with Gasteiger partial charge in [-0.2, -0.15) is 13.2 Å². The maximum Gasteiger partial charge on any atom is 0.416 e. The molecular formula is C19H13F3N2O2S2. The van der Waals surface area contributed by atoms with E-state index >= 15 is 0 Å². The number of thioether (sulfide) groups is 1. The van der Waals surface area contributed by atoms with Crippen LogP contribution in [0.3, 0.4) is 0 Å². The highest BCUT2D eigenvalue weighted by atomic mass is 32.2. The van der Waals surface area contributed by atoms with E-state index in [1.54, 1.807) is 25.3 Å². The molecule has 4 nitrogen and oxygen atoms in total. The summed E-state index contributed by atoms with van der Waals surface area (Å²) >= 11 is 6.26. The molecule has 1 heterocycles. The van der Waals surface area contributed by atoms with Crippen molar-refractivity contribution >= 4 is 51.9 Å². The Bertz CT molecular complexity index is 985. The van der Waals surface area contributed by atoms with Gasteiger partial charge in [0.15, 0.2) is 0 Å². The van der Waals surface area contributed by atoms with Crippen LogP contribution >= 0.6 is 24.0 Å². The van der Waals surface area contributed by atoms with Gasteiger partial charge in [0.2, 0.25) is 0 Å². The Hall–Kier alpha value is -2.65. The number of hydrogen-bond donors (Lipinski definition) is 1. The van der Waals surface area contributed by atoms with Crippen LogP contribution in [-0.4, -0.2) is 28.1 Å². The Balaban J connectivity index is 1.73. The molecule has 1 aliphatic rings. The zero-order valence-electron chi connectivity index (χ0n) is 14.4. The second-order valence-corrected chi connectivity index (χ2v) is 7.57. The van der Waals surface area contributed by atoms with Gasteiger partial charge in [0.25, 0.3) is 11.8 Å². The van der Waals surface area contributed by atoms with Gasteiger partial charge in [0, 0.05) is 18.3 Å². The van der Waals surface area contributed by atoms with Crippen molar-refractivity contribution < 1.29 is 22.8 Å². The fourth-order valence-corrected chi connectivity index (χ4v) is 3.58. The smallest absolute Gasteiger partial charge is 0.322 e. The molecule has 1 fully saturated rings. The first kappa shape index (κ1) is 20.1. The van der Waals surface area contributed by atoms with Gasteiger partial charge in [0.1, 0.15) is 4.32 Å². The van der Waals surface area contributed by atoms with Crippen LogP contribution in [0.2, 0.25) is 0 Å². The molecule has 2 aromatic carbocycles. The average Bonchev–Trinajstić information content (AvgIpc) is 2.88. The largest absolute Gasteiger partial charge is 0.416 e. The zero-order chi connectivity index (χ0) is 20.5. The lowest BCUT2D eigenvalue weighted by molar-refractivity contribution is -0.137. The van der Waals surface area contributed by atoms with E-state index in [4.69, 9.17) is 12.2 Å². The summed E-state index contributed by atoms with van der Waals surface area (Å²) in [5, 5.41) is 2.45. The van der Waals surface area contributed by atoms with Crippen LogP contribution < -0.4 is 5.32 Å². The van der Waals surface area contributed by atoms with E-state index in [-0.39, 0.29) is 17.2 Å². The molecule has 2 amide bonds. The van der Waals surface area contributed by atoms with Gasteiger partial charge in [-0.25, -0.2) is 0 Å². The average molecular weight is 422 g/mol. The molecule has 3 rings (SSSR count). The van der Waals surface area contributed by atoms with Crippen molar-refractivity contribution in [2.24, 2.45) is 0 Å². The first-order chi connectivity index (χ1) is 13.1. The van der Waals surface area contributed by atoms with E-state index in [1.165, 1.54) is 40.9 Å². The van der Waals surface area contributed by atoms with E-state index in [2.05, 4.69) is 5.32 Å². The molecule has 0 aliphatic carbocycles. The molecule has 1 saturated heterocycles. The van der Waals surface area contributed by atoms with Crippen LogP contribution in [0.15, 0.2) is 53.4 Å². The number of anilines is 1. The lowest BCUT2D eigenvalue weighted by atomic mass is 10.1. The number of halogens is 3. The van der Waals surface area contributed by atoms with Crippen molar-refractivity contribution in [3.63, 3.8) is 0 Å². The second-order valence-electron chi connectivity index (χ2n) is 5.90. The van der Waals surface area contributed by atoms with Crippen molar-refractivity contribution in [1.29, 1.82) is 0 Å². The van der Waals surface area contributed by atoms with E-state index in [0.717, 1.165) is 12.1 Å². The Morgan fingerprint density at radius 3 is 2.43 bits per heavy atom. The normalized spacial score (nSPS) is 16.0. The van der Waals surface area contributed by atoms with E-state index < -0.39 is 17.6 Å². The molecule has 1 N–H and O–H groups in total.